The second-order valence-corrected chi connectivity index (χ2v) is 2.15. The first kappa shape index (κ1) is 6.93. The zero-order chi connectivity index (χ0) is 7.56. The van der Waals surface area contributed by atoms with E-state index in [-0.39, 0.29) is 5.78 Å². The Balaban J connectivity index is 3.02. The fraction of sp³-hybridized carbons (Fsp3) is 0.250. The first-order valence-electron chi connectivity index (χ1n) is 3.15. The van der Waals surface area contributed by atoms with Gasteiger partial charge in [0, 0.05) is 12.0 Å². The summed E-state index contributed by atoms with van der Waals surface area (Å²) in [6.07, 6.45) is 2.85. The van der Waals surface area contributed by atoms with Crippen LogP contribution in [0, 0.1) is 0 Å². The summed E-state index contributed by atoms with van der Waals surface area (Å²) in [7, 11) is 0. The number of carbonyl (C=O) groups is 1. The fourth-order valence-corrected chi connectivity index (χ4v) is 1.06. The maximum Gasteiger partial charge on any atom is 0.165 e. The van der Waals surface area contributed by atoms with E-state index in [0.717, 1.165) is 12.1 Å². The van der Waals surface area contributed by atoms with Crippen LogP contribution < -0.4 is 0 Å². The molecule has 0 saturated heterocycles. The van der Waals surface area contributed by atoms with Gasteiger partial charge in [-0.1, -0.05) is 12.7 Å². The third-order valence-electron chi connectivity index (χ3n) is 1.60. The number of allylic oxidation sites excluding steroid dienone is 3. The van der Waals surface area contributed by atoms with Gasteiger partial charge in [0.25, 0.3) is 0 Å². The van der Waals surface area contributed by atoms with Crippen molar-refractivity contribution < 1.29 is 4.79 Å². The van der Waals surface area contributed by atoms with Gasteiger partial charge in [-0.25, -0.2) is 0 Å². The van der Waals surface area contributed by atoms with Crippen LogP contribution in [0.4, 0.5) is 0 Å². The molecule has 0 fully saturated rings. The Kier molecular flexibility index (Phi) is 1.81. The van der Waals surface area contributed by atoms with Gasteiger partial charge in [-0.05, 0) is 13.1 Å². The van der Waals surface area contributed by atoms with E-state index in [1.165, 1.54) is 0 Å². The topological polar surface area (TPSA) is 29.4 Å². The average molecular weight is 135 g/mol. The van der Waals surface area contributed by atoms with Gasteiger partial charge in [-0.15, -0.1) is 0 Å². The minimum atomic E-state index is 0.136. The molecule has 0 aromatic carbocycles. The Labute approximate surface area is 60.0 Å². The van der Waals surface area contributed by atoms with E-state index in [1.807, 2.05) is 0 Å². The molecule has 0 unspecified atom stereocenters. The predicted molar refractivity (Wildman–Crippen MR) is 41.0 cm³/mol. The lowest BCUT2D eigenvalue weighted by molar-refractivity contribution is -0.114. The van der Waals surface area contributed by atoms with Crippen molar-refractivity contribution in [2.24, 2.45) is 4.99 Å². The minimum Gasteiger partial charge on any atom is -0.294 e. The van der Waals surface area contributed by atoms with E-state index in [1.54, 1.807) is 6.08 Å². The van der Waals surface area contributed by atoms with Crippen LogP contribution in [0.25, 0.3) is 0 Å². The van der Waals surface area contributed by atoms with E-state index in [9.17, 15) is 4.79 Å². The molecule has 2 heteroatoms. The molecule has 0 aromatic rings. The van der Waals surface area contributed by atoms with Crippen LogP contribution >= 0.6 is 0 Å². The van der Waals surface area contributed by atoms with E-state index >= 15 is 0 Å². The highest BCUT2D eigenvalue weighted by Crippen LogP contribution is 2.23. The fourth-order valence-electron chi connectivity index (χ4n) is 1.06. The lowest BCUT2D eigenvalue weighted by Crippen LogP contribution is -1.91. The Morgan fingerprint density at radius 1 is 1.50 bits per heavy atom. The van der Waals surface area contributed by atoms with Crippen LogP contribution in [0.1, 0.15) is 12.8 Å². The largest absolute Gasteiger partial charge is 0.294 e. The van der Waals surface area contributed by atoms with Crippen LogP contribution in [0.15, 0.2) is 28.9 Å². The van der Waals surface area contributed by atoms with Gasteiger partial charge < -0.3 is 0 Å². The molecule has 0 bridgehead atoms. The quantitative estimate of drug-likeness (QED) is 0.527. The Morgan fingerprint density at radius 2 is 2.20 bits per heavy atom. The number of nitrogens with zero attached hydrogens (tertiary/aromatic N) is 1. The molecular formula is C8H9NO. The minimum absolute atomic E-state index is 0.136. The molecule has 2 nitrogen and oxygen atoms in total. The molecule has 0 amide bonds. The van der Waals surface area contributed by atoms with E-state index in [4.69, 9.17) is 0 Å². The predicted octanol–water partition coefficient (Wildman–Crippen LogP) is 1.49. The highest BCUT2D eigenvalue weighted by Gasteiger charge is 2.18. The number of Topliss-reactive ketones (excluding diaryl/α,β-unsaturated/α-hetero) is 1. The Bertz CT molecular complexity index is 225. The lowest BCUT2D eigenvalue weighted by atomic mass is 10.2. The molecule has 0 spiro atoms. The molecule has 1 rings (SSSR count). The summed E-state index contributed by atoms with van der Waals surface area (Å²) in [5.41, 5.74) is 1.44. The third kappa shape index (κ3) is 0.923. The standard InChI is InChI=1S/C8H9NO/c1-3-6-7(9-2)4-5-8(6)10/h3H,1-2,4-5H2. The summed E-state index contributed by atoms with van der Waals surface area (Å²) in [4.78, 5) is 14.7. The van der Waals surface area contributed by atoms with Gasteiger partial charge >= 0.3 is 0 Å². The van der Waals surface area contributed by atoms with Crippen molar-refractivity contribution in [3.63, 3.8) is 0 Å². The SMILES string of the molecule is C=CC1=C(N=C)CCC1=O. The molecule has 0 heterocycles. The first-order valence-corrected chi connectivity index (χ1v) is 3.15. The summed E-state index contributed by atoms with van der Waals surface area (Å²) < 4.78 is 0. The van der Waals surface area contributed by atoms with Gasteiger partial charge in [0.2, 0.25) is 0 Å². The van der Waals surface area contributed by atoms with Gasteiger partial charge in [0.05, 0.1) is 5.70 Å². The smallest absolute Gasteiger partial charge is 0.165 e. The molecule has 10 heavy (non-hydrogen) atoms. The molecule has 0 N–H and O–H groups in total. The first-order chi connectivity index (χ1) is 4.79. The molecule has 1 aliphatic carbocycles. The highest BCUT2D eigenvalue weighted by molar-refractivity contribution is 6.01. The number of hydrogen-bond donors (Lipinski definition) is 0. The third-order valence-corrected chi connectivity index (χ3v) is 1.60. The van der Waals surface area contributed by atoms with Crippen molar-refractivity contribution in [2.45, 2.75) is 12.8 Å². The number of carbonyl (C=O) groups excluding carboxylic acids is 1. The highest BCUT2D eigenvalue weighted by atomic mass is 16.1. The Hall–Kier alpha value is -1.18. The monoisotopic (exact) mass is 135 g/mol. The molecular weight excluding hydrogens is 126 g/mol. The van der Waals surface area contributed by atoms with Crippen LogP contribution in [-0.4, -0.2) is 12.5 Å². The van der Waals surface area contributed by atoms with Crippen molar-refractivity contribution in [2.75, 3.05) is 0 Å². The van der Waals surface area contributed by atoms with Crippen molar-refractivity contribution in [3.05, 3.63) is 23.9 Å². The van der Waals surface area contributed by atoms with Crippen molar-refractivity contribution in [1.82, 2.24) is 0 Å². The molecule has 0 aromatic heterocycles. The van der Waals surface area contributed by atoms with Gasteiger partial charge in [-0.2, -0.15) is 0 Å². The second kappa shape index (κ2) is 2.60. The maximum absolute atomic E-state index is 11.0. The summed E-state index contributed by atoms with van der Waals surface area (Å²) in [5, 5.41) is 0. The molecule has 0 saturated carbocycles. The summed E-state index contributed by atoms with van der Waals surface area (Å²) in [5.74, 6) is 0.136. The normalized spacial score (nSPS) is 17.8. The molecule has 0 radical (unpaired) electrons. The molecule has 0 atom stereocenters. The average Bonchev–Trinajstić information content (AvgIpc) is 2.30. The summed E-state index contributed by atoms with van der Waals surface area (Å²) in [6.45, 7) is 6.89. The lowest BCUT2D eigenvalue weighted by Gasteiger charge is -1.90. The maximum atomic E-state index is 11.0. The van der Waals surface area contributed by atoms with Crippen LogP contribution in [0.5, 0.6) is 0 Å². The molecule has 52 valence electrons. The summed E-state index contributed by atoms with van der Waals surface area (Å²) in [6, 6.07) is 0. The zero-order valence-electron chi connectivity index (χ0n) is 5.76. The number of aliphatic imine (C=N–C) groups is 1. The van der Waals surface area contributed by atoms with E-state index < -0.39 is 0 Å². The van der Waals surface area contributed by atoms with Gasteiger partial charge in [0.15, 0.2) is 5.78 Å². The van der Waals surface area contributed by atoms with Crippen molar-refractivity contribution >= 4 is 12.5 Å². The molecule has 1 aliphatic rings. The van der Waals surface area contributed by atoms with Crippen molar-refractivity contribution in [1.29, 1.82) is 0 Å². The number of ketones is 1. The zero-order valence-corrected chi connectivity index (χ0v) is 5.76. The van der Waals surface area contributed by atoms with Gasteiger partial charge in [0.1, 0.15) is 0 Å². The van der Waals surface area contributed by atoms with E-state index in [2.05, 4.69) is 18.3 Å². The van der Waals surface area contributed by atoms with Crippen LogP contribution in [0.3, 0.4) is 0 Å². The van der Waals surface area contributed by atoms with Gasteiger partial charge in [-0.3, -0.25) is 9.79 Å². The van der Waals surface area contributed by atoms with Crippen LogP contribution in [-0.2, 0) is 4.79 Å². The molecule has 0 aliphatic heterocycles. The Morgan fingerprint density at radius 3 is 2.60 bits per heavy atom. The van der Waals surface area contributed by atoms with E-state index in [0.29, 0.717) is 12.0 Å². The second-order valence-electron chi connectivity index (χ2n) is 2.15. The van der Waals surface area contributed by atoms with Crippen LogP contribution in [0.2, 0.25) is 0 Å². The number of rotatable bonds is 2. The number of hydrogen-bond acceptors (Lipinski definition) is 2. The van der Waals surface area contributed by atoms with Crippen molar-refractivity contribution in [3.8, 4) is 0 Å². The summed E-state index contributed by atoms with van der Waals surface area (Å²) >= 11 is 0.